The highest BCUT2D eigenvalue weighted by Crippen LogP contribution is 2.40. The van der Waals surface area contributed by atoms with Gasteiger partial charge in [0.15, 0.2) is 0 Å². The molecule has 0 radical (unpaired) electrons. The molecule has 3 aromatic rings. The van der Waals surface area contributed by atoms with Gasteiger partial charge in [-0.2, -0.15) is 13.2 Å². The predicted molar refractivity (Wildman–Crippen MR) is 124 cm³/mol. The maximum absolute atomic E-state index is 13.1. The van der Waals surface area contributed by atoms with Crippen molar-refractivity contribution in [1.82, 2.24) is 4.40 Å². The highest BCUT2D eigenvalue weighted by Gasteiger charge is 2.32. The number of anilines is 1. The maximum Gasteiger partial charge on any atom is 0.447 e. The molecule has 0 fully saturated rings. The van der Waals surface area contributed by atoms with Crippen LogP contribution in [-0.4, -0.2) is 36.9 Å². The lowest BCUT2D eigenvalue weighted by atomic mass is 10.3. The molecule has 0 saturated carbocycles. The number of nitrogens with zero attached hydrogens (tertiary/aromatic N) is 1. The van der Waals surface area contributed by atoms with E-state index in [0.29, 0.717) is 26.7 Å². The number of hydrogen-bond donors (Lipinski definition) is 1. The quantitative estimate of drug-likeness (QED) is 0.248. The Balaban J connectivity index is 1.86. The van der Waals surface area contributed by atoms with E-state index in [1.54, 1.807) is 55.9 Å². The van der Waals surface area contributed by atoms with Crippen molar-refractivity contribution < 1.29 is 22.5 Å². The summed E-state index contributed by atoms with van der Waals surface area (Å²) in [6, 6.07) is 10.3. The van der Waals surface area contributed by atoms with E-state index in [4.69, 9.17) is 4.74 Å². The van der Waals surface area contributed by atoms with Crippen LogP contribution in [0.25, 0.3) is 5.52 Å². The molecule has 0 bridgehead atoms. The molecule has 31 heavy (non-hydrogen) atoms. The fraction of sp³-hybridized carbons (Fsp3) is 0.238. The molecule has 2 aromatic heterocycles. The van der Waals surface area contributed by atoms with Crippen molar-refractivity contribution in [2.24, 2.45) is 0 Å². The molecule has 0 unspecified atom stereocenters. The van der Waals surface area contributed by atoms with Gasteiger partial charge in [0, 0.05) is 27.7 Å². The summed E-state index contributed by atoms with van der Waals surface area (Å²) in [5.41, 5.74) is -2.88. The molecule has 0 aliphatic carbocycles. The summed E-state index contributed by atoms with van der Waals surface area (Å²) < 4.78 is 59.0. The van der Waals surface area contributed by atoms with Crippen LogP contribution in [0.2, 0.25) is 0 Å². The number of ether oxygens (including phenoxy) is 1. The summed E-state index contributed by atoms with van der Waals surface area (Å²) in [4.78, 5) is 0. The molecule has 2 heterocycles. The van der Waals surface area contributed by atoms with Crippen molar-refractivity contribution in [2.45, 2.75) is 10.5 Å². The first-order valence-corrected chi connectivity index (χ1v) is 13.2. The number of aromatic nitrogens is 1. The fourth-order valence-corrected chi connectivity index (χ4v) is 4.90. The average Bonchev–Trinajstić information content (AvgIpc) is 3.02. The largest absolute Gasteiger partial charge is 0.495 e. The van der Waals surface area contributed by atoms with E-state index in [1.165, 1.54) is 11.5 Å². The van der Waals surface area contributed by atoms with Gasteiger partial charge in [-0.25, -0.2) is 0 Å². The van der Waals surface area contributed by atoms with Gasteiger partial charge in [0.05, 0.1) is 30.4 Å². The molecule has 0 aliphatic rings. The number of halogens is 4. The molecule has 10 heteroatoms. The van der Waals surface area contributed by atoms with Gasteiger partial charge < -0.3 is 19.0 Å². The van der Waals surface area contributed by atoms with Gasteiger partial charge in [-0.15, -0.1) is 0 Å². The summed E-state index contributed by atoms with van der Waals surface area (Å²) in [6.45, 7) is 3.54. The van der Waals surface area contributed by atoms with Gasteiger partial charge in [0.1, 0.15) is 17.9 Å². The second kappa shape index (κ2) is 9.23. The molecule has 0 aliphatic heterocycles. The molecule has 0 saturated heterocycles. The zero-order valence-electron chi connectivity index (χ0n) is 16.9. The number of nitrogens with one attached hydrogen (secondary N) is 1. The lowest BCUT2D eigenvalue weighted by Crippen LogP contribution is -2.07. The van der Waals surface area contributed by atoms with Gasteiger partial charge in [-0.3, -0.25) is 0 Å². The molecule has 4 nitrogen and oxygen atoms in total. The van der Waals surface area contributed by atoms with E-state index < -0.39 is 12.7 Å². The number of methoxy groups -OCH3 is 1. The Morgan fingerprint density at radius 2 is 2.00 bits per heavy atom. The van der Waals surface area contributed by atoms with Crippen LogP contribution >= 0.6 is 34.8 Å². The highest BCUT2D eigenvalue weighted by atomic mass is 79.9. The SMILES string of the molecule is COc1cc(P(C)(C)=O)ccc1NCC#Cc1cc2c(Br)cccn2c1SC(F)(F)F. The van der Waals surface area contributed by atoms with E-state index in [0.717, 1.165) is 0 Å². The van der Waals surface area contributed by atoms with Crippen molar-refractivity contribution in [3.05, 3.63) is 52.6 Å². The number of benzene rings is 1. The lowest BCUT2D eigenvalue weighted by Gasteiger charge is -2.13. The molecule has 1 aromatic carbocycles. The van der Waals surface area contributed by atoms with Gasteiger partial charge in [0.2, 0.25) is 0 Å². The third-order valence-corrected chi connectivity index (χ3v) is 7.36. The van der Waals surface area contributed by atoms with Gasteiger partial charge in [-0.1, -0.05) is 11.8 Å². The van der Waals surface area contributed by atoms with Crippen molar-refractivity contribution >= 4 is 51.3 Å². The van der Waals surface area contributed by atoms with Crippen LogP contribution in [-0.2, 0) is 4.57 Å². The fourth-order valence-electron chi connectivity index (χ4n) is 2.88. The van der Waals surface area contributed by atoms with E-state index in [-0.39, 0.29) is 28.9 Å². The number of rotatable bonds is 5. The van der Waals surface area contributed by atoms with Crippen LogP contribution in [0.5, 0.6) is 5.75 Å². The van der Waals surface area contributed by atoms with Crippen LogP contribution in [0.4, 0.5) is 18.9 Å². The molecular formula is C21H19BrF3N2O2PS. The number of fused-ring (bicyclic) bond motifs is 1. The number of thioether (sulfide) groups is 1. The normalized spacial score (nSPS) is 11.8. The Bertz CT molecular complexity index is 1230. The van der Waals surface area contributed by atoms with E-state index >= 15 is 0 Å². The summed E-state index contributed by atoms with van der Waals surface area (Å²) >= 11 is 3.18. The van der Waals surface area contributed by atoms with Gasteiger partial charge >= 0.3 is 5.51 Å². The molecule has 3 rings (SSSR count). The Morgan fingerprint density at radius 3 is 2.65 bits per heavy atom. The highest BCUT2D eigenvalue weighted by molar-refractivity contribution is 9.10. The Hall–Kier alpha value is -2.01. The predicted octanol–water partition coefficient (Wildman–Crippen LogP) is 6.03. The Labute approximate surface area is 191 Å². The summed E-state index contributed by atoms with van der Waals surface area (Å²) in [6.07, 6.45) is 1.57. The Kier molecular flexibility index (Phi) is 7.04. The number of pyridine rings is 1. The van der Waals surface area contributed by atoms with Gasteiger partial charge in [-0.05, 0) is 65.7 Å². The molecule has 0 amide bonds. The summed E-state index contributed by atoms with van der Waals surface area (Å²) in [5.74, 6) is 6.23. The first-order chi connectivity index (χ1) is 14.5. The van der Waals surface area contributed by atoms with E-state index in [9.17, 15) is 17.7 Å². The van der Waals surface area contributed by atoms with Crippen molar-refractivity contribution in [2.75, 3.05) is 32.3 Å². The van der Waals surface area contributed by atoms with Crippen LogP contribution < -0.4 is 15.4 Å². The first kappa shape index (κ1) is 23.6. The second-order valence-electron chi connectivity index (χ2n) is 6.91. The van der Waals surface area contributed by atoms with Gasteiger partial charge in [0.25, 0.3) is 0 Å². The minimum atomic E-state index is -4.43. The molecule has 0 spiro atoms. The Morgan fingerprint density at radius 1 is 1.26 bits per heavy atom. The maximum atomic E-state index is 13.1. The minimum Gasteiger partial charge on any atom is -0.495 e. The molecule has 164 valence electrons. The molecular weight excluding hydrogens is 512 g/mol. The average molecular weight is 531 g/mol. The second-order valence-corrected chi connectivity index (χ2v) is 12.0. The monoisotopic (exact) mass is 530 g/mol. The minimum absolute atomic E-state index is 0.0138. The van der Waals surface area contributed by atoms with Crippen LogP contribution in [0.3, 0.4) is 0 Å². The number of hydrogen-bond acceptors (Lipinski definition) is 4. The first-order valence-electron chi connectivity index (χ1n) is 9.01. The summed E-state index contributed by atoms with van der Waals surface area (Å²) in [7, 11) is -0.916. The number of alkyl halides is 3. The standard InChI is InChI=1S/C21H19BrF3N2O2PS/c1-29-19-13-15(30(2,3)28)8-9-17(19)26-10-4-6-14-12-18-16(22)7-5-11-27(18)20(14)31-21(23,24)25/h5,7-9,11-13,26H,10H2,1-3H3. The van der Waals surface area contributed by atoms with Crippen molar-refractivity contribution in [3.8, 4) is 17.6 Å². The zero-order valence-corrected chi connectivity index (χ0v) is 20.2. The van der Waals surface area contributed by atoms with Crippen LogP contribution in [0.15, 0.2) is 52.1 Å². The van der Waals surface area contributed by atoms with E-state index in [1.807, 2.05) is 0 Å². The molecule has 1 N–H and O–H groups in total. The topological polar surface area (TPSA) is 42.7 Å². The summed E-state index contributed by atoms with van der Waals surface area (Å²) in [5, 5.41) is 3.80. The third kappa shape index (κ3) is 5.82. The van der Waals surface area contributed by atoms with E-state index in [2.05, 4.69) is 33.1 Å². The van der Waals surface area contributed by atoms with Crippen LogP contribution in [0.1, 0.15) is 5.56 Å². The lowest BCUT2D eigenvalue weighted by molar-refractivity contribution is -0.0329. The van der Waals surface area contributed by atoms with Crippen molar-refractivity contribution in [1.29, 1.82) is 0 Å². The third-order valence-electron chi connectivity index (χ3n) is 4.32. The zero-order chi connectivity index (χ0) is 22.8. The molecule has 0 atom stereocenters. The van der Waals surface area contributed by atoms with Crippen LogP contribution in [0, 0.1) is 11.8 Å². The van der Waals surface area contributed by atoms with Crippen molar-refractivity contribution in [3.63, 3.8) is 0 Å². The smallest absolute Gasteiger partial charge is 0.447 e.